The van der Waals surface area contributed by atoms with Gasteiger partial charge in [-0.05, 0) is 32.4 Å². The smallest absolute Gasteiger partial charge is 0.0950 e. The number of nitrogens with one attached hydrogen (secondary N) is 1. The molecule has 0 aliphatic heterocycles. The average molecular weight is 219 g/mol. The molecule has 74 valence electrons. The summed E-state index contributed by atoms with van der Waals surface area (Å²) >= 11 is 7.33. The van der Waals surface area contributed by atoms with Gasteiger partial charge in [0.2, 0.25) is 0 Å². The summed E-state index contributed by atoms with van der Waals surface area (Å²) in [6, 6.07) is 3.87. The number of hydrogen-bond donors (Lipinski definition) is 2. The molecule has 0 saturated heterocycles. The van der Waals surface area contributed by atoms with Crippen LogP contribution in [0.25, 0.3) is 0 Å². The Morgan fingerprint density at radius 1 is 1.54 bits per heavy atom. The van der Waals surface area contributed by atoms with Gasteiger partial charge in [0, 0.05) is 12.1 Å². The maximum absolute atomic E-state index is 5.84. The Labute approximate surface area is 88.1 Å². The Morgan fingerprint density at radius 2 is 2.23 bits per heavy atom. The van der Waals surface area contributed by atoms with Crippen molar-refractivity contribution in [2.45, 2.75) is 25.8 Å². The van der Waals surface area contributed by atoms with Crippen molar-refractivity contribution in [2.75, 3.05) is 11.9 Å². The molecule has 1 rings (SSSR count). The van der Waals surface area contributed by atoms with E-state index in [1.165, 1.54) is 0 Å². The third-order valence-electron chi connectivity index (χ3n) is 1.64. The Balaban J connectivity index is 2.28. The summed E-state index contributed by atoms with van der Waals surface area (Å²) in [5.41, 5.74) is 5.74. The summed E-state index contributed by atoms with van der Waals surface area (Å²) in [5.74, 6) is 0. The lowest BCUT2D eigenvalue weighted by Crippen LogP contribution is -2.33. The van der Waals surface area contributed by atoms with Crippen LogP contribution >= 0.6 is 22.9 Å². The van der Waals surface area contributed by atoms with E-state index in [-0.39, 0.29) is 5.54 Å². The third kappa shape index (κ3) is 4.50. The van der Waals surface area contributed by atoms with Crippen LogP contribution in [0.3, 0.4) is 0 Å². The quantitative estimate of drug-likeness (QED) is 0.816. The SMILES string of the molecule is CC(C)(N)CCNc1ccc(Cl)s1. The van der Waals surface area contributed by atoms with Crippen LogP contribution in [0.5, 0.6) is 0 Å². The summed E-state index contributed by atoms with van der Waals surface area (Å²) in [6.07, 6.45) is 0.947. The van der Waals surface area contributed by atoms with Crippen molar-refractivity contribution in [1.82, 2.24) is 0 Å². The second-order valence-corrected chi connectivity index (χ2v) is 5.48. The predicted molar refractivity (Wildman–Crippen MR) is 60.7 cm³/mol. The molecule has 0 aromatic carbocycles. The summed E-state index contributed by atoms with van der Waals surface area (Å²) < 4.78 is 0.814. The molecule has 2 nitrogen and oxygen atoms in total. The van der Waals surface area contributed by atoms with Crippen LogP contribution in [0, 0.1) is 0 Å². The van der Waals surface area contributed by atoms with Crippen LogP contribution < -0.4 is 11.1 Å². The fraction of sp³-hybridized carbons (Fsp3) is 0.556. The second kappa shape index (κ2) is 4.31. The number of hydrogen-bond acceptors (Lipinski definition) is 3. The molecule has 1 aromatic rings. The third-order valence-corrected chi connectivity index (χ3v) is 2.83. The zero-order chi connectivity index (χ0) is 9.90. The van der Waals surface area contributed by atoms with Crippen molar-refractivity contribution in [3.05, 3.63) is 16.5 Å². The molecule has 0 unspecified atom stereocenters. The standard InChI is InChI=1S/C9H15ClN2S/c1-9(2,11)5-6-12-8-4-3-7(10)13-8/h3-4,12H,5-6,11H2,1-2H3. The van der Waals surface area contributed by atoms with Crippen LogP contribution in [-0.4, -0.2) is 12.1 Å². The first-order valence-corrected chi connectivity index (χ1v) is 5.45. The lowest BCUT2D eigenvalue weighted by Gasteiger charge is -2.18. The molecule has 0 spiro atoms. The molecule has 0 atom stereocenters. The zero-order valence-corrected chi connectivity index (χ0v) is 9.50. The van der Waals surface area contributed by atoms with Crippen molar-refractivity contribution >= 4 is 27.9 Å². The van der Waals surface area contributed by atoms with Crippen LogP contribution in [0.2, 0.25) is 4.34 Å². The van der Waals surface area contributed by atoms with Gasteiger partial charge in [0.1, 0.15) is 0 Å². The van der Waals surface area contributed by atoms with Crippen LogP contribution in [0.1, 0.15) is 20.3 Å². The first kappa shape index (κ1) is 10.8. The van der Waals surface area contributed by atoms with Gasteiger partial charge >= 0.3 is 0 Å². The van der Waals surface area contributed by atoms with Gasteiger partial charge in [-0.2, -0.15) is 0 Å². The van der Waals surface area contributed by atoms with Gasteiger partial charge in [-0.25, -0.2) is 0 Å². The van der Waals surface area contributed by atoms with E-state index in [9.17, 15) is 0 Å². The molecule has 0 saturated carbocycles. The fourth-order valence-electron chi connectivity index (χ4n) is 0.917. The second-order valence-electron chi connectivity index (χ2n) is 3.77. The molecule has 4 heteroatoms. The normalized spacial score (nSPS) is 11.7. The Morgan fingerprint density at radius 3 is 2.69 bits per heavy atom. The Hall–Kier alpha value is -0.250. The van der Waals surface area contributed by atoms with E-state index in [1.807, 2.05) is 26.0 Å². The van der Waals surface area contributed by atoms with Gasteiger partial charge in [-0.15, -0.1) is 11.3 Å². The lowest BCUT2D eigenvalue weighted by atomic mass is 10.0. The van der Waals surface area contributed by atoms with E-state index < -0.39 is 0 Å². The van der Waals surface area contributed by atoms with Gasteiger partial charge in [0.15, 0.2) is 0 Å². The molecule has 3 N–H and O–H groups in total. The fourth-order valence-corrected chi connectivity index (χ4v) is 1.89. The molecular weight excluding hydrogens is 204 g/mol. The zero-order valence-electron chi connectivity index (χ0n) is 7.93. The molecule has 0 amide bonds. The highest BCUT2D eigenvalue weighted by Gasteiger charge is 2.09. The summed E-state index contributed by atoms with van der Waals surface area (Å²) in [6.45, 7) is 4.94. The number of rotatable bonds is 4. The molecule has 0 radical (unpaired) electrons. The highest BCUT2D eigenvalue weighted by atomic mass is 35.5. The first-order chi connectivity index (χ1) is 5.97. The Bertz CT molecular complexity index is 265. The van der Waals surface area contributed by atoms with E-state index in [0.29, 0.717) is 0 Å². The van der Waals surface area contributed by atoms with Crippen LogP contribution in [0.15, 0.2) is 12.1 Å². The minimum Gasteiger partial charge on any atom is -0.377 e. The first-order valence-electron chi connectivity index (χ1n) is 4.25. The molecule has 1 heterocycles. The average Bonchev–Trinajstić information content (AvgIpc) is 2.33. The van der Waals surface area contributed by atoms with Crippen molar-refractivity contribution in [3.8, 4) is 0 Å². The Kier molecular flexibility index (Phi) is 3.59. The van der Waals surface area contributed by atoms with Gasteiger partial charge in [-0.3, -0.25) is 0 Å². The maximum atomic E-state index is 5.84. The highest BCUT2D eigenvalue weighted by molar-refractivity contribution is 7.19. The topological polar surface area (TPSA) is 38.0 Å². The van der Waals surface area contributed by atoms with Gasteiger partial charge in [-0.1, -0.05) is 11.6 Å². The van der Waals surface area contributed by atoms with E-state index >= 15 is 0 Å². The van der Waals surface area contributed by atoms with Crippen molar-refractivity contribution < 1.29 is 0 Å². The van der Waals surface area contributed by atoms with E-state index in [4.69, 9.17) is 17.3 Å². The summed E-state index contributed by atoms with van der Waals surface area (Å²) in [5, 5.41) is 4.38. The number of halogens is 1. The summed E-state index contributed by atoms with van der Waals surface area (Å²) in [7, 11) is 0. The van der Waals surface area contributed by atoms with Gasteiger partial charge < -0.3 is 11.1 Å². The number of thiophene rings is 1. The molecule has 0 bridgehead atoms. The van der Waals surface area contributed by atoms with E-state index in [1.54, 1.807) is 11.3 Å². The largest absolute Gasteiger partial charge is 0.377 e. The van der Waals surface area contributed by atoms with Crippen LogP contribution in [-0.2, 0) is 0 Å². The van der Waals surface area contributed by atoms with Crippen molar-refractivity contribution in [2.24, 2.45) is 5.73 Å². The van der Waals surface area contributed by atoms with E-state index in [0.717, 1.165) is 22.3 Å². The molecule has 1 aromatic heterocycles. The predicted octanol–water partition coefficient (Wildman–Crippen LogP) is 2.94. The lowest BCUT2D eigenvalue weighted by molar-refractivity contribution is 0.491. The highest BCUT2D eigenvalue weighted by Crippen LogP contribution is 2.25. The number of anilines is 1. The van der Waals surface area contributed by atoms with E-state index in [2.05, 4.69) is 5.32 Å². The van der Waals surface area contributed by atoms with Crippen LogP contribution in [0.4, 0.5) is 5.00 Å². The summed E-state index contributed by atoms with van der Waals surface area (Å²) in [4.78, 5) is 0. The number of nitrogens with two attached hydrogens (primary N) is 1. The minimum absolute atomic E-state index is 0.103. The monoisotopic (exact) mass is 218 g/mol. The minimum atomic E-state index is -0.103. The maximum Gasteiger partial charge on any atom is 0.0950 e. The van der Waals surface area contributed by atoms with Crippen molar-refractivity contribution in [3.63, 3.8) is 0 Å². The van der Waals surface area contributed by atoms with Gasteiger partial charge in [0.05, 0.1) is 9.34 Å². The van der Waals surface area contributed by atoms with Crippen molar-refractivity contribution in [1.29, 1.82) is 0 Å². The molecule has 0 aliphatic rings. The molecule has 13 heavy (non-hydrogen) atoms. The molecule has 0 fully saturated rings. The molecular formula is C9H15ClN2S. The van der Waals surface area contributed by atoms with Gasteiger partial charge in [0.25, 0.3) is 0 Å². The molecule has 0 aliphatic carbocycles.